The van der Waals surface area contributed by atoms with Gasteiger partial charge in [-0.05, 0) is 30.0 Å². The van der Waals surface area contributed by atoms with Gasteiger partial charge in [-0.2, -0.15) is 5.10 Å². The molecule has 3 aliphatic heterocycles. The Bertz CT molecular complexity index is 1360. The number of rotatable bonds is 1. The topological polar surface area (TPSA) is 42.2 Å². The van der Waals surface area contributed by atoms with Crippen molar-refractivity contribution in [2.45, 2.75) is 13.5 Å². The van der Waals surface area contributed by atoms with E-state index in [1.165, 1.54) is 27.3 Å². The van der Waals surface area contributed by atoms with Crippen molar-refractivity contribution in [3.05, 3.63) is 83.9 Å². The number of fused-ring (bicyclic) bond motifs is 8. The van der Waals surface area contributed by atoms with Crippen LogP contribution in [0.3, 0.4) is 0 Å². The maximum atomic E-state index is 5.02. The number of hydrazone groups is 1. The molecular weight excluding hydrogens is 344 g/mol. The molecule has 0 atom stereocenters. The maximum Gasteiger partial charge on any atom is 0.143 e. The van der Waals surface area contributed by atoms with Crippen molar-refractivity contribution in [1.29, 1.82) is 0 Å². The van der Waals surface area contributed by atoms with Crippen LogP contribution in [0.15, 0.2) is 77.9 Å². The largest absolute Gasteiger partial charge is 0.304 e. The Balaban J connectivity index is 1.68. The summed E-state index contributed by atoms with van der Waals surface area (Å²) in [5.41, 5.74) is 8.95. The van der Waals surface area contributed by atoms with E-state index >= 15 is 0 Å². The fourth-order valence-electron chi connectivity index (χ4n) is 4.22. The quantitative estimate of drug-likeness (QED) is 0.432. The Labute approximate surface area is 162 Å². The zero-order chi connectivity index (χ0) is 18.7. The van der Waals surface area contributed by atoms with Crippen LogP contribution in [0.2, 0.25) is 0 Å². The molecule has 4 heteroatoms. The highest BCUT2D eigenvalue weighted by atomic mass is 15.4. The summed E-state index contributed by atoms with van der Waals surface area (Å²) in [6.07, 6.45) is 0. The molecule has 6 rings (SSSR count). The summed E-state index contributed by atoms with van der Waals surface area (Å²) in [5, 5.41) is 8.28. The van der Waals surface area contributed by atoms with Gasteiger partial charge in [0, 0.05) is 16.3 Å². The lowest BCUT2D eigenvalue weighted by molar-refractivity contribution is 0.823. The number of hydrogen-bond donors (Lipinski definition) is 1. The molecule has 1 N–H and O–H groups in total. The minimum Gasteiger partial charge on any atom is -0.304 e. The van der Waals surface area contributed by atoms with Gasteiger partial charge in [0.25, 0.3) is 0 Å². The van der Waals surface area contributed by atoms with Crippen LogP contribution in [0.25, 0.3) is 33.1 Å². The molecule has 0 aromatic heterocycles. The highest BCUT2D eigenvalue weighted by Crippen LogP contribution is 2.42. The molecule has 0 saturated heterocycles. The second-order valence-corrected chi connectivity index (χ2v) is 7.35. The molecule has 4 nitrogen and oxygen atoms in total. The van der Waals surface area contributed by atoms with Crippen LogP contribution in [0.4, 0.5) is 5.82 Å². The summed E-state index contributed by atoms with van der Waals surface area (Å²) < 4.78 is 2.27. The fourth-order valence-corrected chi connectivity index (χ4v) is 4.22. The fraction of sp³-hybridized carbons (Fsp3) is 0.0833. The number of nitrogens with zero attached hydrogens (tertiary/aromatic N) is 3. The van der Waals surface area contributed by atoms with E-state index in [0.29, 0.717) is 6.54 Å². The first-order chi connectivity index (χ1) is 13.8. The summed E-state index contributed by atoms with van der Waals surface area (Å²) in [7, 11) is 0. The van der Waals surface area contributed by atoms with E-state index in [4.69, 9.17) is 4.98 Å². The van der Waals surface area contributed by atoms with Gasteiger partial charge in [-0.3, -0.25) is 5.43 Å². The zero-order valence-corrected chi connectivity index (χ0v) is 15.5. The number of hydrogen-bond acceptors (Lipinski definition) is 3. The van der Waals surface area contributed by atoms with Gasteiger partial charge in [0.2, 0.25) is 0 Å². The van der Waals surface area contributed by atoms with E-state index in [-0.39, 0.29) is 0 Å². The predicted molar refractivity (Wildman–Crippen MR) is 115 cm³/mol. The van der Waals surface area contributed by atoms with Crippen LogP contribution >= 0.6 is 0 Å². The van der Waals surface area contributed by atoms with Gasteiger partial charge in [-0.15, -0.1) is 0 Å². The summed E-state index contributed by atoms with van der Waals surface area (Å²) >= 11 is 0. The third kappa shape index (κ3) is 2.12. The van der Waals surface area contributed by atoms with Gasteiger partial charge in [0.05, 0.1) is 17.8 Å². The predicted octanol–water partition coefficient (Wildman–Crippen LogP) is 5.43. The van der Waals surface area contributed by atoms with E-state index in [1.54, 1.807) is 0 Å². The first-order valence-corrected chi connectivity index (χ1v) is 9.49. The third-order valence-corrected chi connectivity index (χ3v) is 5.56. The summed E-state index contributed by atoms with van der Waals surface area (Å²) in [6, 6.07) is 25.3. The molecule has 0 amide bonds. The highest BCUT2D eigenvalue weighted by Gasteiger charge is 2.25. The van der Waals surface area contributed by atoms with Crippen molar-refractivity contribution in [1.82, 2.24) is 9.55 Å². The number of anilines is 1. The molecule has 0 spiro atoms. The molecule has 0 aliphatic carbocycles. The molecule has 3 aromatic carbocycles. The zero-order valence-electron chi connectivity index (χ0n) is 15.5. The Hall–Kier alpha value is -3.66. The SMILES string of the molecule is Cc1ccc2nc3n4c(c5ccccc5c-3c2c1)NN=C(c1ccccc1)C4. The summed E-state index contributed by atoms with van der Waals surface area (Å²) in [4.78, 5) is 5.02. The van der Waals surface area contributed by atoms with E-state index in [9.17, 15) is 0 Å². The Morgan fingerprint density at radius 1 is 0.857 bits per heavy atom. The lowest BCUT2D eigenvalue weighted by Gasteiger charge is -2.25. The third-order valence-electron chi connectivity index (χ3n) is 5.56. The van der Waals surface area contributed by atoms with Gasteiger partial charge in [-0.1, -0.05) is 66.2 Å². The van der Waals surface area contributed by atoms with Gasteiger partial charge in [0.1, 0.15) is 11.6 Å². The van der Waals surface area contributed by atoms with Gasteiger partial charge >= 0.3 is 0 Å². The molecule has 3 heterocycles. The van der Waals surface area contributed by atoms with Gasteiger partial charge in [-0.25, -0.2) is 4.98 Å². The molecule has 0 radical (unpaired) electrons. The standard InChI is InChI=1S/C24H18N4/c1-15-11-12-20-19(13-15)22-17-9-5-6-10-18(17)23-27-26-21(14-28(23)24(22)25-20)16-7-3-2-4-8-16/h2-13,27H,14H2,1H3. The van der Waals surface area contributed by atoms with Crippen molar-refractivity contribution in [3.63, 3.8) is 0 Å². The Morgan fingerprint density at radius 3 is 2.50 bits per heavy atom. The molecule has 0 unspecified atom stereocenters. The number of aryl methyl sites for hydroxylation is 1. The number of benzene rings is 3. The molecule has 0 bridgehead atoms. The molecule has 28 heavy (non-hydrogen) atoms. The Kier molecular flexibility index (Phi) is 3.12. The van der Waals surface area contributed by atoms with E-state index in [0.717, 1.165) is 28.4 Å². The minimum atomic E-state index is 0.690. The molecule has 3 aliphatic rings. The normalized spacial score (nSPS) is 13.5. The van der Waals surface area contributed by atoms with Crippen molar-refractivity contribution in [2.75, 3.05) is 5.43 Å². The molecule has 0 saturated carbocycles. The van der Waals surface area contributed by atoms with Crippen LogP contribution in [0.1, 0.15) is 11.1 Å². The smallest absolute Gasteiger partial charge is 0.143 e. The second kappa shape index (κ2) is 5.67. The van der Waals surface area contributed by atoms with Gasteiger partial charge < -0.3 is 4.57 Å². The molecule has 3 aromatic rings. The van der Waals surface area contributed by atoms with Crippen molar-refractivity contribution < 1.29 is 0 Å². The molecular formula is C24H18N4. The van der Waals surface area contributed by atoms with Crippen LogP contribution in [-0.2, 0) is 6.54 Å². The van der Waals surface area contributed by atoms with Crippen molar-refractivity contribution >= 4 is 33.2 Å². The maximum absolute atomic E-state index is 5.02. The van der Waals surface area contributed by atoms with Crippen molar-refractivity contribution in [3.8, 4) is 11.4 Å². The summed E-state index contributed by atoms with van der Waals surface area (Å²) in [5.74, 6) is 2.01. The van der Waals surface area contributed by atoms with Gasteiger partial charge in [0.15, 0.2) is 0 Å². The second-order valence-electron chi connectivity index (χ2n) is 7.35. The van der Waals surface area contributed by atoms with Crippen LogP contribution < -0.4 is 5.43 Å². The first kappa shape index (κ1) is 15.4. The Morgan fingerprint density at radius 2 is 1.64 bits per heavy atom. The first-order valence-electron chi connectivity index (χ1n) is 9.49. The highest BCUT2D eigenvalue weighted by molar-refractivity contribution is 6.14. The molecule has 0 fully saturated rings. The summed E-state index contributed by atoms with van der Waals surface area (Å²) in [6.45, 7) is 2.82. The number of aromatic nitrogens is 2. The van der Waals surface area contributed by atoms with E-state index < -0.39 is 0 Å². The average Bonchev–Trinajstić information content (AvgIpc) is 3.13. The average molecular weight is 362 g/mol. The molecule has 134 valence electrons. The lowest BCUT2D eigenvalue weighted by atomic mass is 10.00. The monoisotopic (exact) mass is 362 g/mol. The van der Waals surface area contributed by atoms with Crippen molar-refractivity contribution in [2.24, 2.45) is 5.10 Å². The van der Waals surface area contributed by atoms with Crippen LogP contribution in [-0.4, -0.2) is 15.3 Å². The van der Waals surface area contributed by atoms with Crippen LogP contribution in [0.5, 0.6) is 0 Å². The van der Waals surface area contributed by atoms with E-state index in [2.05, 4.69) is 76.6 Å². The van der Waals surface area contributed by atoms with Crippen LogP contribution in [0, 0.1) is 6.92 Å². The minimum absolute atomic E-state index is 0.690. The lowest BCUT2D eigenvalue weighted by Crippen LogP contribution is -2.23. The number of nitrogens with one attached hydrogen (secondary N) is 1. The van der Waals surface area contributed by atoms with E-state index in [1.807, 2.05) is 18.2 Å². The number of pyridine rings is 1.